The molecule has 0 fully saturated rings. The summed E-state index contributed by atoms with van der Waals surface area (Å²) in [7, 11) is 0. The van der Waals surface area contributed by atoms with Gasteiger partial charge in [-0.25, -0.2) is 0 Å². The van der Waals surface area contributed by atoms with E-state index in [1.54, 1.807) is 23.5 Å². The number of carbonyl (C=O) groups excluding carboxylic acids is 1. The van der Waals surface area contributed by atoms with Crippen LogP contribution in [0, 0.1) is 0 Å². The number of carbonyl (C=O) groups is 1. The molecule has 0 bridgehead atoms. The molecule has 2 heterocycles. The first-order valence-electron chi connectivity index (χ1n) is 6.13. The molecule has 0 aliphatic carbocycles. The van der Waals surface area contributed by atoms with Crippen LogP contribution in [-0.2, 0) is 17.9 Å². The van der Waals surface area contributed by atoms with Gasteiger partial charge in [-0.15, -0.1) is 0 Å². The smallest absolute Gasteiger partial charge is 0.247 e. The van der Waals surface area contributed by atoms with E-state index in [0.29, 0.717) is 13.1 Å². The molecule has 0 saturated carbocycles. The van der Waals surface area contributed by atoms with Gasteiger partial charge in [0.15, 0.2) is 0 Å². The molecule has 19 heavy (non-hydrogen) atoms. The lowest BCUT2D eigenvalue weighted by Gasteiger charge is -2.19. The van der Waals surface area contributed by atoms with Crippen LogP contribution >= 0.6 is 0 Å². The van der Waals surface area contributed by atoms with Crippen molar-refractivity contribution in [3.63, 3.8) is 0 Å². The van der Waals surface area contributed by atoms with Gasteiger partial charge in [0.1, 0.15) is 11.5 Å². The zero-order valence-corrected chi connectivity index (χ0v) is 11.1. The molecule has 0 N–H and O–H groups in total. The lowest BCUT2D eigenvalue weighted by atomic mass is 10.2. The molecule has 2 aromatic rings. The maximum atomic E-state index is 12.2. The summed E-state index contributed by atoms with van der Waals surface area (Å²) in [6.45, 7) is 4.65. The molecule has 2 rings (SSSR count). The fourth-order valence-corrected chi connectivity index (χ4v) is 1.73. The summed E-state index contributed by atoms with van der Waals surface area (Å²) < 4.78 is 10.6. The van der Waals surface area contributed by atoms with Crippen molar-refractivity contribution in [3.05, 3.63) is 60.0 Å². The van der Waals surface area contributed by atoms with Crippen LogP contribution in [0.25, 0.3) is 0 Å². The fraction of sp³-hybridized carbons (Fsp3) is 0.267. The van der Waals surface area contributed by atoms with Crippen molar-refractivity contribution in [1.82, 2.24) is 4.90 Å². The van der Waals surface area contributed by atoms with Gasteiger partial charge >= 0.3 is 0 Å². The second-order valence-electron chi connectivity index (χ2n) is 4.57. The minimum atomic E-state index is -0.0483. The van der Waals surface area contributed by atoms with Gasteiger partial charge in [0.05, 0.1) is 25.6 Å². The van der Waals surface area contributed by atoms with E-state index in [1.807, 2.05) is 38.1 Å². The van der Waals surface area contributed by atoms with E-state index in [2.05, 4.69) is 0 Å². The topological polar surface area (TPSA) is 46.6 Å². The van der Waals surface area contributed by atoms with Gasteiger partial charge in [-0.2, -0.15) is 0 Å². The van der Waals surface area contributed by atoms with Gasteiger partial charge in [-0.05, 0) is 38.1 Å². The first-order chi connectivity index (χ1) is 9.15. The number of furan rings is 2. The zero-order chi connectivity index (χ0) is 13.7. The minimum Gasteiger partial charge on any atom is -0.467 e. The summed E-state index contributed by atoms with van der Waals surface area (Å²) in [4.78, 5) is 13.9. The summed E-state index contributed by atoms with van der Waals surface area (Å²) in [5.74, 6) is 1.46. The van der Waals surface area contributed by atoms with Gasteiger partial charge in [0.2, 0.25) is 5.91 Å². The van der Waals surface area contributed by atoms with Gasteiger partial charge in [-0.3, -0.25) is 4.79 Å². The van der Waals surface area contributed by atoms with Gasteiger partial charge in [0, 0.05) is 6.08 Å². The quantitative estimate of drug-likeness (QED) is 0.773. The number of amides is 1. The molecule has 0 aliphatic rings. The predicted molar refractivity (Wildman–Crippen MR) is 71.1 cm³/mol. The monoisotopic (exact) mass is 259 g/mol. The third-order valence-corrected chi connectivity index (χ3v) is 2.58. The van der Waals surface area contributed by atoms with Crippen molar-refractivity contribution in [2.45, 2.75) is 26.9 Å². The predicted octanol–water partition coefficient (Wildman–Crippen LogP) is 3.37. The normalized spacial score (nSPS) is 10.2. The van der Waals surface area contributed by atoms with Crippen LogP contribution in [0.5, 0.6) is 0 Å². The second kappa shape index (κ2) is 6.09. The van der Waals surface area contributed by atoms with Crippen LogP contribution in [0.1, 0.15) is 25.4 Å². The maximum Gasteiger partial charge on any atom is 0.247 e. The van der Waals surface area contributed by atoms with E-state index in [1.165, 1.54) is 0 Å². The Balaban J connectivity index is 2.12. The standard InChI is InChI=1S/C15H17NO3/c1-12(2)9-15(17)16(10-13-5-3-7-18-13)11-14-6-4-8-19-14/h3-9H,10-11H2,1-2H3. The van der Waals surface area contributed by atoms with Crippen molar-refractivity contribution in [2.24, 2.45) is 0 Å². The van der Waals surface area contributed by atoms with E-state index in [9.17, 15) is 4.79 Å². The molecule has 0 unspecified atom stereocenters. The van der Waals surface area contributed by atoms with Crippen LogP contribution in [-0.4, -0.2) is 10.8 Å². The summed E-state index contributed by atoms with van der Waals surface area (Å²) in [6.07, 6.45) is 4.82. The number of rotatable bonds is 5. The zero-order valence-electron chi connectivity index (χ0n) is 11.1. The molecule has 1 amide bonds. The fourth-order valence-electron chi connectivity index (χ4n) is 1.73. The summed E-state index contributed by atoms with van der Waals surface area (Å²) in [5, 5.41) is 0. The van der Waals surface area contributed by atoms with E-state index in [-0.39, 0.29) is 5.91 Å². The summed E-state index contributed by atoms with van der Waals surface area (Å²) >= 11 is 0. The van der Waals surface area contributed by atoms with Crippen LogP contribution in [0.15, 0.2) is 57.3 Å². The van der Waals surface area contributed by atoms with Crippen molar-refractivity contribution in [2.75, 3.05) is 0 Å². The molecule has 0 aromatic carbocycles. The first kappa shape index (κ1) is 13.2. The van der Waals surface area contributed by atoms with E-state index >= 15 is 0 Å². The largest absolute Gasteiger partial charge is 0.467 e. The van der Waals surface area contributed by atoms with Crippen molar-refractivity contribution in [3.8, 4) is 0 Å². The molecule has 4 heteroatoms. The van der Waals surface area contributed by atoms with Crippen LogP contribution in [0.3, 0.4) is 0 Å². The Bertz CT molecular complexity index is 498. The highest BCUT2D eigenvalue weighted by Gasteiger charge is 2.15. The van der Waals surface area contributed by atoms with Gasteiger partial charge in [0.25, 0.3) is 0 Å². The van der Waals surface area contributed by atoms with Crippen LogP contribution in [0.4, 0.5) is 0 Å². The minimum absolute atomic E-state index is 0.0483. The van der Waals surface area contributed by atoms with Crippen LogP contribution in [0.2, 0.25) is 0 Å². The number of hydrogen-bond acceptors (Lipinski definition) is 3. The van der Waals surface area contributed by atoms with Gasteiger partial charge < -0.3 is 13.7 Å². The Morgan fingerprint density at radius 3 is 2.00 bits per heavy atom. The lowest BCUT2D eigenvalue weighted by Crippen LogP contribution is -2.28. The summed E-state index contributed by atoms with van der Waals surface area (Å²) in [6, 6.07) is 7.33. The molecule has 4 nitrogen and oxygen atoms in total. The molecular formula is C15H17NO3. The molecular weight excluding hydrogens is 242 g/mol. The van der Waals surface area contributed by atoms with E-state index in [4.69, 9.17) is 8.83 Å². The molecule has 0 atom stereocenters. The lowest BCUT2D eigenvalue weighted by molar-refractivity contribution is -0.127. The third kappa shape index (κ3) is 3.88. The van der Waals surface area contributed by atoms with Gasteiger partial charge in [-0.1, -0.05) is 5.57 Å². The third-order valence-electron chi connectivity index (χ3n) is 2.58. The molecule has 100 valence electrons. The van der Waals surface area contributed by atoms with Crippen LogP contribution < -0.4 is 0 Å². The highest BCUT2D eigenvalue weighted by atomic mass is 16.3. The molecule has 0 saturated heterocycles. The molecule has 2 aromatic heterocycles. The molecule has 0 spiro atoms. The van der Waals surface area contributed by atoms with E-state index < -0.39 is 0 Å². The molecule has 0 radical (unpaired) electrons. The number of hydrogen-bond donors (Lipinski definition) is 0. The number of allylic oxidation sites excluding steroid dienone is 1. The average Bonchev–Trinajstić information content (AvgIpc) is 2.99. The Morgan fingerprint density at radius 2 is 1.63 bits per heavy atom. The Morgan fingerprint density at radius 1 is 1.11 bits per heavy atom. The molecule has 0 aliphatic heterocycles. The Kier molecular flexibility index (Phi) is 4.23. The summed E-state index contributed by atoms with van der Waals surface area (Å²) in [5.41, 5.74) is 0.967. The van der Waals surface area contributed by atoms with E-state index in [0.717, 1.165) is 17.1 Å². The SMILES string of the molecule is CC(C)=CC(=O)N(Cc1ccco1)Cc1ccco1. The number of nitrogens with zero attached hydrogens (tertiary/aromatic N) is 1. The second-order valence-corrected chi connectivity index (χ2v) is 4.57. The Hall–Kier alpha value is -2.23. The van der Waals surface area contributed by atoms with Crippen molar-refractivity contribution >= 4 is 5.91 Å². The highest BCUT2D eigenvalue weighted by molar-refractivity contribution is 5.88. The highest BCUT2D eigenvalue weighted by Crippen LogP contribution is 2.12. The first-order valence-corrected chi connectivity index (χ1v) is 6.13. The maximum absolute atomic E-state index is 12.2. The Labute approximate surface area is 112 Å². The average molecular weight is 259 g/mol. The van der Waals surface area contributed by atoms with Crippen molar-refractivity contribution in [1.29, 1.82) is 0 Å². The van der Waals surface area contributed by atoms with Crippen molar-refractivity contribution < 1.29 is 13.6 Å².